The fraction of sp³-hybridized carbons (Fsp3) is 0.444. The van der Waals surface area contributed by atoms with Crippen LogP contribution < -0.4 is 10.1 Å². The van der Waals surface area contributed by atoms with Crippen molar-refractivity contribution in [2.45, 2.75) is 32.2 Å². The molecule has 2 aromatic rings. The molecule has 1 aliphatic heterocycles. The molecule has 1 aromatic heterocycles. The molecule has 0 bridgehead atoms. The lowest BCUT2D eigenvalue weighted by molar-refractivity contribution is 0.206. The van der Waals surface area contributed by atoms with Crippen molar-refractivity contribution >= 4 is 11.8 Å². The fourth-order valence-electron chi connectivity index (χ4n) is 3.26. The van der Waals surface area contributed by atoms with Crippen molar-refractivity contribution in [1.82, 2.24) is 14.7 Å². The van der Waals surface area contributed by atoms with E-state index in [0.29, 0.717) is 0 Å². The van der Waals surface area contributed by atoms with Crippen LogP contribution in [0.4, 0.5) is 10.6 Å². The molecule has 1 aliphatic rings. The van der Waals surface area contributed by atoms with Crippen LogP contribution in [0.3, 0.4) is 0 Å². The van der Waals surface area contributed by atoms with E-state index in [1.807, 2.05) is 37.1 Å². The predicted octanol–water partition coefficient (Wildman–Crippen LogP) is 2.98. The molecule has 0 aliphatic carbocycles. The molecule has 6 heteroatoms. The van der Waals surface area contributed by atoms with Crippen molar-refractivity contribution in [2.24, 2.45) is 7.05 Å². The Morgan fingerprint density at radius 2 is 2.12 bits per heavy atom. The number of urea groups is 1. The van der Waals surface area contributed by atoms with Crippen molar-refractivity contribution < 1.29 is 9.53 Å². The summed E-state index contributed by atoms with van der Waals surface area (Å²) >= 11 is 0. The predicted molar refractivity (Wildman–Crippen MR) is 93.4 cm³/mol. The number of benzene rings is 1. The first-order valence-electron chi connectivity index (χ1n) is 8.28. The van der Waals surface area contributed by atoms with Gasteiger partial charge in [0.1, 0.15) is 11.6 Å². The fourth-order valence-corrected chi connectivity index (χ4v) is 3.26. The number of aryl methyl sites for hydroxylation is 2. The van der Waals surface area contributed by atoms with Gasteiger partial charge in [-0.2, -0.15) is 5.10 Å². The summed E-state index contributed by atoms with van der Waals surface area (Å²) in [6.07, 6.45) is 2.93. The van der Waals surface area contributed by atoms with Gasteiger partial charge in [-0.25, -0.2) is 4.79 Å². The number of anilines is 1. The number of aromatic nitrogens is 2. The van der Waals surface area contributed by atoms with Crippen LogP contribution in [0.1, 0.15) is 24.1 Å². The molecule has 2 amide bonds. The molecule has 0 spiro atoms. The molecule has 0 radical (unpaired) electrons. The van der Waals surface area contributed by atoms with Crippen LogP contribution in [-0.4, -0.2) is 40.4 Å². The SMILES string of the molecule is COc1ccc(C[C@@H]2CCCN2C(=O)Nc2cc(C)nn2C)cc1. The Bertz CT molecular complexity index is 708. The van der Waals surface area contributed by atoms with Crippen LogP contribution in [0.5, 0.6) is 5.75 Å². The normalized spacial score (nSPS) is 17.1. The van der Waals surface area contributed by atoms with Gasteiger partial charge in [0.15, 0.2) is 0 Å². The van der Waals surface area contributed by atoms with Crippen LogP contribution in [-0.2, 0) is 13.5 Å². The van der Waals surface area contributed by atoms with E-state index in [2.05, 4.69) is 22.5 Å². The summed E-state index contributed by atoms with van der Waals surface area (Å²) < 4.78 is 6.89. The number of carbonyl (C=O) groups excluding carboxylic acids is 1. The monoisotopic (exact) mass is 328 g/mol. The second kappa shape index (κ2) is 6.95. The number of hydrogen-bond donors (Lipinski definition) is 1. The molecule has 1 aromatic carbocycles. The first-order chi connectivity index (χ1) is 11.6. The number of amides is 2. The van der Waals surface area contributed by atoms with E-state index in [-0.39, 0.29) is 12.1 Å². The Labute approximate surface area is 142 Å². The maximum absolute atomic E-state index is 12.6. The average molecular weight is 328 g/mol. The van der Waals surface area contributed by atoms with E-state index >= 15 is 0 Å². The molecule has 0 unspecified atom stereocenters. The van der Waals surface area contributed by atoms with Gasteiger partial charge in [-0.15, -0.1) is 0 Å². The third-order valence-corrected chi connectivity index (χ3v) is 4.51. The molecule has 6 nitrogen and oxygen atoms in total. The Balaban J connectivity index is 1.65. The maximum Gasteiger partial charge on any atom is 0.323 e. The lowest BCUT2D eigenvalue weighted by atomic mass is 10.0. The Hall–Kier alpha value is -2.50. The topological polar surface area (TPSA) is 59.4 Å². The first-order valence-corrected chi connectivity index (χ1v) is 8.28. The second-order valence-corrected chi connectivity index (χ2v) is 6.27. The van der Waals surface area contributed by atoms with Gasteiger partial charge in [0.25, 0.3) is 0 Å². The van der Waals surface area contributed by atoms with Crippen molar-refractivity contribution in [3.8, 4) is 5.75 Å². The van der Waals surface area contributed by atoms with E-state index in [1.165, 1.54) is 5.56 Å². The van der Waals surface area contributed by atoms with E-state index in [9.17, 15) is 4.79 Å². The highest BCUT2D eigenvalue weighted by Gasteiger charge is 2.29. The molecule has 1 atom stereocenters. The van der Waals surface area contributed by atoms with E-state index in [1.54, 1.807) is 11.8 Å². The number of rotatable bonds is 4. The summed E-state index contributed by atoms with van der Waals surface area (Å²) in [5, 5.41) is 7.24. The van der Waals surface area contributed by atoms with E-state index in [4.69, 9.17) is 4.74 Å². The smallest absolute Gasteiger partial charge is 0.323 e. The zero-order valence-electron chi connectivity index (χ0n) is 14.5. The van der Waals surface area contributed by atoms with Gasteiger partial charge in [0.05, 0.1) is 12.8 Å². The van der Waals surface area contributed by atoms with Gasteiger partial charge >= 0.3 is 6.03 Å². The molecular weight excluding hydrogens is 304 g/mol. The first kappa shape index (κ1) is 16.4. The van der Waals surface area contributed by atoms with Crippen LogP contribution >= 0.6 is 0 Å². The number of nitrogens with zero attached hydrogens (tertiary/aromatic N) is 3. The molecular formula is C18H24N4O2. The number of hydrogen-bond acceptors (Lipinski definition) is 3. The van der Waals surface area contributed by atoms with Gasteiger partial charge in [-0.05, 0) is 43.9 Å². The standard InChI is InChI=1S/C18H24N4O2/c1-13-11-17(21(2)20-13)19-18(23)22-10-4-5-15(22)12-14-6-8-16(24-3)9-7-14/h6-9,11,15H,4-5,10,12H2,1-3H3,(H,19,23)/t15-/m0/s1. The van der Waals surface area contributed by atoms with E-state index in [0.717, 1.165) is 43.1 Å². The third kappa shape index (κ3) is 3.53. The average Bonchev–Trinajstić information content (AvgIpc) is 3.14. The van der Waals surface area contributed by atoms with Crippen molar-refractivity contribution in [3.05, 3.63) is 41.6 Å². The molecule has 0 saturated carbocycles. The second-order valence-electron chi connectivity index (χ2n) is 6.27. The van der Waals surface area contributed by atoms with Crippen LogP contribution in [0.15, 0.2) is 30.3 Å². The third-order valence-electron chi connectivity index (χ3n) is 4.51. The summed E-state index contributed by atoms with van der Waals surface area (Å²) in [4.78, 5) is 14.6. The van der Waals surface area contributed by atoms with Gasteiger partial charge in [-0.1, -0.05) is 12.1 Å². The highest BCUT2D eigenvalue weighted by molar-refractivity contribution is 5.88. The van der Waals surface area contributed by atoms with Crippen LogP contribution in [0.2, 0.25) is 0 Å². The van der Waals surface area contributed by atoms with Gasteiger partial charge in [0, 0.05) is 25.7 Å². The summed E-state index contributed by atoms with van der Waals surface area (Å²) in [5.74, 6) is 1.58. The van der Waals surface area contributed by atoms with E-state index < -0.39 is 0 Å². The quantitative estimate of drug-likeness (QED) is 0.938. The van der Waals surface area contributed by atoms with Crippen LogP contribution in [0, 0.1) is 6.92 Å². The minimum atomic E-state index is -0.0472. The Morgan fingerprint density at radius 1 is 1.38 bits per heavy atom. The number of likely N-dealkylation sites (tertiary alicyclic amines) is 1. The minimum Gasteiger partial charge on any atom is -0.497 e. The van der Waals surface area contributed by atoms with Gasteiger partial charge in [0.2, 0.25) is 0 Å². The number of ether oxygens (including phenoxy) is 1. The maximum atomic E-state index is 12.6. The Kier molecular flexibility index (Phi) is 4.74. The number of carbonyl (C=O) groups is 1. The van der Waals surface area contributed by atoms with Gasteiger partial charge < -0.3 is 9.64 Å². The zero-order chi connectivity index (χ0) is 17.1. The molecule has 128 valence electrons. The molecule has 3 rings (SSSR count). The summed E-state index contributed by atoms with van der Waals surface area (Å²) in [5.41, 5.74) is 2.11. The lowest BCUT2D eigenvalue weighted by Gasteiger charge is -2.25. The highest BCUT2D eigenvalue weighted by atomic mass is 16.5. The minimum absolute atomic E-state index is 0.0472. The molecule has 24 heavy (non-hydrogen) atoms. The molecule has 1 saturated heterocycles. The largest absolute Gasteiger partial charge is 0.497 e. The highest BCUT2D eigenvalue weighted by Crippen LogP contribution is 2.23. The number of methoxy groups -OCH3 is 1. The van der Waals surface area contributed by atoms with Crippen molar-refractivity contribution in [2.75, 3.05) is 19.0 Å². The lowest BCUT2D eigenvalue weighted by Crippen LogP contribution is -2.40. The van der Waals surface area contributed by atoms with Gasteiger partial charge in [-0.3, -0.25) is 10.00 Å². The summed E-state index contributed by atoms with van der Waals surface area (Å²) in [6.45, 7) is 2.71. The summed E-state index contributed by atoms with van der Waals surface area (Å²) in [7, 11) is 3.50. The van der Waals surface area contributed by atoms with Crippen molar-refractivity contribution in [3.63, 3.8) is 0 Å². The Morgan fingerprint density at radius 3 is 2.75 bits per heavy atom. The molecule has 2 heterocycles. The zero-order valence-corrected chi connectivity index (χ0v) is 14.5. The molecule has 1 N–H and O–H groups in total. The summed E-state index contributed by atoms with van der Waals surface area (Å²) in [6, 6.07) is 10.1. The van der Waals surface area contributed by atoms with Crippen LogP contribution in [0.25, 0.3) is 0 Å². The molecule has 1 fully saturated rings. The number of nitrogens with one attached hydrogen (secondary N) is 1. The van der Waals surface area contributed by atoms with Crippen molar-refractivity contribution in [1.29, 1.82) is 0 Å².